The zero-order valence-electron chi connectivity index (χ0n) is 14.0. The molecular weight excluding hydrogens is 374 g/mol. The third-order valence-corrected chi connectivity index (χ3v) is 6.54. The lowest BCUT2D eigenvalue weighted by Gasteiger charge is -2.33. The highest BCUT2D eigenvalue weighted by molar-refractivity contribution is 7.89. The van der Waals surface area contributed by atoms with Crippen molar-refractivity contribution in [2.75, 3.05) is 26.2 Å². The fourth-order valence-corrected chi connectivity index (χ4v) is 4.69. The molecule has 1 aliphatic heterocycles. The minimum atomic E-state index is -3.67. The molecule has 0 aliphatic carbocycles. The molecule has 9 heteroatoms. The molecule has 1 aliphatic rings. The second kappa shape index (κ2) is 6.96. The van der Waals surface area contributed by atoms with E-state index >= 15 is 0 Å². The molecule has 0 amide bonds. The van der Waals surface area contributed by atoms with Gasteiger partial charge in [0, 0.05) is 32.7 Å². The Morgan fingerprint density at radius 2 is 1.73 bits per heavy atom. The van der Waals surface area contributed by atoms with Crippen molar-refractivity contribution in [3.05, 3.63) is 59.4 Å². The third kappa shape index (κ3) is 3.33. The Bertz CT molecular complexity index is 1010. The van der Waals surface area contributed by atoms with E-state index in [-0.39, 0.29) is 10.2 Å². The zero-order chi connectivity index (χ0) is 18.1. The van der Waals surface area contributed by atoms with Crippen molar-refractivity contribution in [2.45, 2.75) is 11.6 Å². The smallest absolute Gasteiger partial charge is 0.262 e. The summed E-state index contributed by atoms with van der Waals surface area (Å²) < 4.78 is 28.8. The first-order valence-electron chi connectivity index (χ1n) is 8.31. The number of imidazole rings is 1. The summed E-state index contributed by atoms with van der Waals surface area (Å²) in [6, 6.07) is 13.4. The molecule has 3 heterocycles. The maximum atomic E-state index is 13.0. The van der Waals surface area contributed by atoms with E-state index in [1.54, 1.807) is 12.1 Å². The van der Waals surface area contributed by atoms with Gasteiger partial charge in [0.05, 0.1) is 6.20 Å². The van der Waals surface area contributed by atoms with Crippen LogP contribution in [0, 0.1) is 0 Å². The summed E-state index contributed by atoms with van der Waals surface area (Å²) in [5.41, 5.74) is 1.68. The van der Waals surface area contributed by atoms with Gasteiger partial charge in [0.15, 0.2) is 10.7 Å². The predicted octanol–water partition coefficient (Wildman–Crippen LogP) is 1.89. The second-order valence-corrected chi connectivity index (χ2v) is 8.46. The van der Waals surface area contributed by atoms with E-state index in [2.05, 4.69) is 27.1 Å². The molecule has 0 N–H and O–H groups in total. The SMILES string of the molecule is O=S(=O)(c1cnc2ccc(Cl)nn12)N1CCN(Cc2ccccc2)CC1. The Kier molecular flexibility index (Phi) is 4.66. The van der Waals surface area contributed by atoms with Crippen molar-refractivity contribution >= 4 is 27.3 Å². The van der Waals surface area contributed by atoms with Gasteiger partial charge in [0.25, 0.3) is 10.0 Å². The monoisotopic (exact) mass is 391 g/mol. The summed E-state index contributed by atoms with van der Waals surface area (Å²) in [7, 11) is -3.67. The summed E-state index contributed by atoms with van der Waals surface area (Å²) in [6.45, 7) is 3.05. The largest absolute Gasteiger partial charge is 0.296 e. The number of hydrogen-bond acceptors (Lipinski definition) is 5. The Labute approximate surface area is 156 Å². The third-order valence-electron chi connectivity index (χ3n) is 4.48. The second-order valence-electron chi connectivity index (χ2n) is 6.19. The maximum absolute atomic E-state index is 13.0. The number of aromatic nitrogens is 3. The van der Waals surface area contributed by atoms with Crippen LogP contribution in [0.2, 0.25) is 5.15 Å². The first kappa shape index (κ1) is 17.4. The Balaban J connectivity index is 1.50. The summed E-state index contributed by atoms with van der Waals surface area (Å²) in [5.74, 6) is 0. The Hall–Kier alpha value is -2.00. The van der Waals surface area contributed by atoms with Crippen molar-refractivity contribution in [2.24, 2.45) is 0 Å². The number of piperazine rings is 1. The standard InChI is InChI=1S/C17H18ClN5O2S/c18-15-6-7-16-19-12-17(23(16)20-15)26(24,25)22-10-8-21(9-11-22)13-14-4-2-1-3-5-14/h1-7,12H,8-11,13H2. The van der Waals surface area contributed by atoms with Crippen LogP contribution in [0.25, 0.3) is 5.65 Å². The van der Waals surface area contributed by atoms with Crippen molar-refractivity contribution in [3.63, 3.8) is 0 Å². The molecule has 0 spiro atoms. The molecule has 136 valence electrons. The van der Waals surface area contributed by atoms with Crippen LogP contribution in [0.5, 0.6) is 0 Å². The average Bonchev–Trinajstić information content (AvgIpc) is 3.07. The molecule has 2 aromatic heterocycles. The van der Waals surface area contributed by atoms with Gasteiger partial charge < -0.3 is 0 Å². The van der Waals surface area contributed by atoms with Gasteiger partial charge in [-0.3, -0.25) is 4.90 Å². The van der Waals surface area contributed by atoms with E-state index in [1.807, 2.05) is 18.2 Å². The predicted molar refractivity (Wildman–Crippen MR) is 98.5 cm³/mol. The highest BCUT2D eigenvalue weighted by Gasteiger charge is 2.31. The van der Waals surface area contributed by atoms with Gasteiger partial charge in [0.1, 0.15) is 5.15 Å². The minimum Gasteiger partial charge on any atom is -0.296 e. The number of hydrogen-bond donors (Lipinski definition) is 0. The molecule has 3 aromatic rings. The number of halogens is 1. The summed E-state index contributed by atoms with van der Waals surface area (Å²) in [6.07, 6.45) is 1.34. The fraction of sp³-hybridized carbons (Fsp3) is 0.294. The van der Waals surface area contributed by atoms with Gasteiger partial charge in [0.2, 0.25) is 0 Å². The summed E-state index contributed by atoms with van der Waals surface area (Å²) in [5, 5.41) is 4.34. The van der Waals surface area contributed by atoms with Crippen LogP contribution < -0.4 is 0 Å². The lowest BCUT2D eigenvalue weighted by atomic mass is 10.2. The van der Waals surface area contributed by atoms with Crippen LogP contribution in [0.3, 0.4) is 0 Å². The van der Waals surface area contributed by atoms with Gasteiger partial charge in [-0.2, -0.15) is 13.9 Å². The molecular formula is C17H18ClN5O2S. The molecule has 0 saturated carbocycles. The van der Waals surface area contributed by atoms with Gasteiger partial charge in [-0.1, -0.05) is 41.9 Å². The lowest BCUT2D eigenvalue weighted by molar-refractivity contribution is 0.181. The van der Waals surface area contributed by atoms with Gasteiger partial charge >= 0.3 is 0 Å². The van der Waals surface area contributed by atoms with Crippen molar-refractivity contribution in [3.8, 4) is 0 Å². The number of nitrogens with zero attached hydrogens (tertiary/aromatic N) is 5. The van der Waals surface area contributed by atoms with E-state index in [1.165, 1.54) is 20.6 Å². The van der Waals surface area contributed by atoms with Crippen LogP contribution >= 0.6 is 11.6 Å². The minimum absolute atomic E-state index is 0.0477. The van der Waals surface area contributed by atoms with E-state index < -0.39 is 10.0 Å². The first-order chi connectivity index (χ1) is 12.5. The number of fused-ring (bicyclic) bond motifs is 1. The highest BCUT2D eigenvalue weighted by Crippen LogP contribution is 2.20. The van der Waals surface area contributed by atoms with Crippen LogP contribution in [-0.4, -0.2) is 58.4 Å². The average molecular weight is 392 g/mol. The van der Waals surface area contributed by atoms with Crippen LogP contribution in [-0.2, 0) is 16.6 Å². The topological polar surface area (TPSA) is 70.8 Å². The zero-order valence-corrected chi connectivity index (χ0v) is 15.6. The summed E-state index contributed by atoms with van der Waals surface area (Å²) in [4.78, 5) is 6.37. The maximum Gasteiger partial charge on any atom is 0.262 e. The van der Waals surface area contributed by atoms with Gasteiger partial charge in [-0.25, -0.2) is 13.4 Å². The molecule has 26 heavy (non-hydrogen) atoms. The number of rotatable bonds is 4. The number of sulfonamides is 1. The Morgan fingerprint density at radius 3 is 2.46 bits per heavy atom. The van der Waals surface area contributed by atoms with Gasteiger partial charge in [-0.05, 0) is 17.7 Å². The van der Waals surface area contributed by atoms with E-state index in [0.717, 1.165) is 6.54 Å². The van der Waals surface area contributed by atoms with Crippen LogP contribution in [0.1, 0.15) is 5.56 Å². The van der Waals surface area contributed by atoms with E-state index in [0.29, 0.717) is 31.8 Å². The molecule has 0 radical (unpaired) electrons. The molecule has 4 rings (SSSR count). The fourth-order valence-electron chi connectivity index (χ4n) is 3.11. The highest BCUT2D eigenvalue weighted by atomic mass is 35.5. The molecule has 7 nitrogen and oxygen atoms in total. The van der Waals surface area contributed by atoms with E-state index in [9.17, 15) is 8.42 Å². The van der Waals surface area contributed by atoms with E-state index in [4.69, 9.17) is 11.6 Å². The normalized spacial score (nSPS) is 17.0. The summed E-state index contributed by atoms with van der Waals surface area (Å²) >= 11 is 5.90. The number of benzene rings is 1. The van der Waals surface area contributed by atoms with Crippen molar-refractivity contribution < 1.29 is 8.42 Å². The quantitative estimate of drug-likeness (QED) is 0.679. The molecule has 1 aromatic carbocycles. The molecule has 1 fully saturated rings. The molecule has 0 atom stereocenters. The van der Waals surface area contributed by atoms with Crippen molar-refractivity contribution in [1.29, 1.82) is 0 Å². The van der Waals surface area contributed by atoms with Gasteiger partial charge in [-0.15, -0.1) is 0 Å². The molecule has 0 bridgehead atoms. The van der Waals surface area contributed by atoms with Crippen LogP contribution in [0.15, 0.2) is 53.7 Å². The van der Waals surface area contributed by atoms with Crippen LogP contribution in [0.4, 0.5) is 0 Å². The molecule has 0 unspecified atom stereocenters. The molecule has 1 saturated heterocycles. The first-order valence-corrected chi connectivity index (χ1v) is 10.1. The van der Waals surface area contributed by atoms with Crippen molar-refractivity contribution in [1.82, 2.24) is 23.8 Å². The lowest BCUT2D eigenvalue weighted by Crippen LogP contribution is -2.48. The Morgan fingerprint density at radius 1 is 1.00 bits per heavy atom.